The highest BCUT2D eigenvalue weighted by molar-refractivity contribution is 5.76. The van der Waals surface area contributed by atoms with E-state index in [0.29, 0.717) is 6.42 Å². The number of carbonyl (C=O) groups is 1. The van der Waals surface area contributed by atoms with Gasteiger partial charge in [0.25, 0.3) is 0 Å². The van der Waals surface area contributed by atoms with E-state index in [1.54, 1.807) is 12.4 Å². The van der Waals surface area contributed by atoms with Crippen LogP contribution in [0.5, 0.6) is 0 Å². The van der Waals surface area contributed by atoms with E-state index in [1.807, 2.05) is 35.5 Å². The van der Waals surface area contributed by atoms with Crippen LogP contribution in [-0.2, 0) is 17.8 Å². The summed E-state index contributed by atoms with van der Waals surface area (Å²) in [6.45, 7) is 4.53. The minimum atomic E-state index is 0.252. The van der Waals surface area contributed by atoms with E-state index in [2.05, 4.69) is 20.9 Å². The molecule has 1 amide bonds. The van der Waals surface area contributed by atoms with Gasteiger partial charge in [-0.1, -0.05) is 12.1 Å². The fourth-order valence-corrected chi connectivity index (χ4v) is 3.08. The Morgan fingerprint density at radius 2 is 1.71 bits per heavy atom. The molecule has 2 aromatic rings. The van der Waals surface area contributed by atoms with Crippen molar-refractivity contribution >= 4 is 5.91 Å². The van der Waals surface area contributed by atoms with E-state index in [1.165, 1.54) is 5.56 Å². The molecule has 0 bridgehead atoms. The van der Waals surface area contributed by atoms with Crippen LogP contribution in [0.4, 0.5) is 0 Å². The summed E-state index contributed by atoms with van der Waals surface area (Å²) in [5.41, 5.74) is 2.35. The van der Waals surface area contributed by atoms with Gasteiger partial charge in [-0.2, -0.15) is 0 Å². The first-order valence-corrected chi connectivity index (χ1v) is 8.59. The summed E-state index contributed by atoms with van der Waals surface area (Å²) in [5.74, 6) is 0.252. The minimum Gasteiger partial charge on any atom is -0.341 e. The lowest BCUT2D eigenvalue weighted by Crippen LogP contribution is -2.35. The fraction of sp³-hybridized carbons (Fsp3) is 0.421. The maximum absolute atomic E-state index is 12.5. The van der Waals surface area contributed by atoms with Gasteiger partial charge in [0.05, 0.1) is 0 Å². The Balaban J connectivity index is 1.47. The number of amides is 1. The first kappa shape index (κ1) is 16.6. The maximum atomic E-state index is 12.5. The second kappa shape index (κ2) is 8.55. The van der Waals surface area contributed by atoms with Gasteiger partial charge in [-0.25, -0.2) is 0 Å². The van der Waals surface area contributed by atoms with Crippen molar-refractivity contribution in [1.82, 2.24) is 19.8 Å². The zero-order chi connectivity index (χ0) is 16.6. The monoisotopic (exact) mass is 324 g/mol. The highest BCUT2D eigenvalue weighted by Gasteiger charge is 2.19. The van der Waals surface area contributed by atoms with Crippen molar-refractivity contribution in [2.24, 2.45) is 0 Å². The number of aryl methyl sites for hydroxylation is 1. The molecule has 1 fully saturated rings. The molecule has 1 aliphatic rings. The summed E-state index contributed by atoms with van der Waals surface area (Å²) in [5, 5.41) is 0. The van der Waals surface area contributed by atoms with Crippen molar-refractivity contribution in [3.8, 4) is 0 Å². The Kier molecular flexibility index (Phi) is 5.90. The predicted octanol–water partition coefficient (Wildman–Crippen LogP) is 2.14. The highest BCUT2D eigenvalue weighted by atomic mass is 16.2. The zero-order valence-electron chi connectivity index (χ0n) is 14.0. The first-order valence-electron chi connectivity index (χ1n) is 8.59. The Bertz CT molecular complexity index is 632. The Hall–Kier alpha value is -2.27. The average molecular weight is 324 g/mol. The van der Waals surface area contributed by atoms with Crippen LogP contribution >= 0.6 is 0 Å². The topological polar surface area (TPSA) is 49.3 Å². The smallest absolute Gasteiger partial charge is 0.222 e. The number of hydrogen-bond donors (Lipinski definition) is 0. The van der Waals surface area contributed by atoms with Crippen molar-refractivity contribution in [3.05, 3.63) is 60.2 Å². The number of aromatic nitrogens is 2. The first-order chi connectivity index (χ1) is 11.8. The van der Waals surface area contributed by atoms with Crippen LogP contribution in [-0.4, -0.2) is 51.9 Å². The molecule has 126 valence electrons. The van der Waals surface area contributed by atoms with Crippen molar-refractivity contribution in [1.29, 1.82) is 0 Å². The van der Waals surface area contributed by atoms with Gasteiger partial charge >= 0.3 is 0 Å². The third-order valence-electron chi connectivity index (χ3n) is 4.42. The van der Waals surface area contributed by atoms with Gasteiger partial charge in [0, 0.05) is 63.9 Å². The van der Waals surface area contributed by atoms with Crippen molar-refractivity contribution in [2.75, 3.05) is 26.2 Å². The quantitative estimate of drug-likeness (QED) is 0.845. The molecule has 1 saturated heterocycles. The van der Waals surface area contributed by atoms with E-state index in [9.17, 15) is 4.79 Å². The molecule has 0 saturated carbocycles. The molecule has 3 rings (SSSR count). The molecule has 1 aliphatic heterocycles. The molecule has 0 aliphatic carbocycles. The van der Waals surface area contributed by atoms with Crippen LogP contribution in [0.15, 0.2) is 49.1 Å². The van der Waals surface area contributed by atoms with Crippen LogP contribution in [0.25, 0.3) is 0 Å². The van der Waals surface area contributed by atoms with E-state index < -0.39 is 0 Å². The highest BCUT2D eigenvalue weighted by Crippen LogP contribution is 2.10. The molecule has 5 heteroatoms. The second-order valence-corrected chi connectivity index (χ2v) is 6.23. The number of rotatable bonds is 5. The molecular formula is C19H24N4O. The van der Waals surface area contributed by atoms with Crippen molar-refractivity contribution in [2.45, 2.75) is 25.8 Å². The predicted molar refractivity (Wildman–Crippen MR) is 93.3 cm³/mol. The van der Waals surface area contributed by atoms with Crippen LogP contribution in [0.2, 0.25) is 0 Å². The Labute approximate surface area is 143 Å². The molecule has 0 atom stereocenters. The third-order valence-corrected chi connectivity index (χ3v) is 4.42. The SMILES string of the molecule is O=C(CCc1cccnc1)N1CCCN(Cc2cccnc2)CC1. The fourth-order valence-electron chi connectivity index (χ4n) is 3.08. The van der Waals surface area contributed by atoms with Crippen LogP contribution in [0, 0.1) is 0 Å². The van der Waals surface area contributed by atoms with E-state index in [-0.39, 0.29) is 5.91 Å². The largest absolute Gasteiger partial charge is 0.341 e. The number of nitrogens with zero attached hydrogens (tertiary/aromatic N) is 4. The van der Waals surface area contributed by atoms with Crippen LogP contribution in [0.3, 0.4) is 0 Å². The molecule has 5 nitrogen and oxygen atoms in total. The molecule has 0 radical (unpaired) electrons. The summed E-state index contributed by atoms with van der Waals surface area (Å²) in [4.78, 5) is 25.2. The van der Waals surface area contributed by atoms with Gasteiger partial charge < -0.3 is 4.90 Å². The van der Waals surface area contributed by atoms with Gasteiger partial charge in [0.15, 0.2) is 0 Å². The van der Waals surface area contributed by atoms with Gasteiger partial charge in [-0.05, 0) is 36.1 Å². The zero-order valence-corrected chi connectivity index (χ0v) is 14.0. The number of carbonyl (C=O) groups excluding carboxylic acids is 1. The Morgan fingerprint density at radius 1 is 0.958 bits per heavy atom. The molecule has 0 spiro atoms. The average Bonchev–Trinajstić information content (AvgIpc) is 2.87. The van der Waals surface area contributed by atoms with Crippen LogP contribution in [0.1, 0.15) is 24.0 Å². The van der Waals surface area contributed by atoms with E-state index >= 15 is 0 Å². The van der Waals surface area contributed by atoms with Gasteiger partial charge in [-0.15, -0.1) is 0 Å². The maximum Gasteiger partial charge on any atom is 0.222 e. The Morgan fingerprint density at radius 3 is 2.42 bits per heavy atom. The molecule has 0 aromatic carbocycles. The summed E-state index contributed by atoms with van der Waals surface area (Å²) in [6, 6.07) is 8.02. The van der Waals surface area contributed by atoms with Crippen molar-refractivity contribution in [3.63, 3.8) is 0 Å². The summed E-state index contributed by atoms with van der Waals surface area (Å²) in [7, 11) is 0. The third kappa shape index (κ3) is 4.86. The van der Waals surface area contributed by atoms with Crippen molar-refractivity contribution < 1.29 is 4.79 Å². The molecule has 2 aromatic heterocycles. The molecule has 0 unspecified atom stereocenters. The van der Waals surface area contributed by atoms with Gasteiger partial charge in [0.2, 0.25) is 5.91 Å². The molecule has 24 heavy (non-hydrogen) atoms. The van der Waals surface area contributed by atoms with E-state index in [0.717, 1.165) is 51.1 Å². The van der Waals surface area contributed by atoms with Gasteiger partial charge in [-0.3, -0.25) is 19.7 Å². The normalized spacial score (nSPS) is 15.9. The van der Waals surface area contributed by atoms with Gasteiger partial charge in [0.1, 0.15) is 0 Å². The summed E-state index contributed by atoms with van der Waals surface area (Å²) >= 11 is 0. The summed E-state index contributed by atoms with van der Waals surface area (Å²) < 4.78 is 0. The van der Waals surface area contributed by atoms with E-state index in [4.69, 9.17) is 0 Å². The second-order valence-electron chi connectivity index (χ2n) is 6.23. The molecular weight excluding hydrogens is 300 g/mol. The molecule has 3 heterocycles. The summed E-state index contributed by atoms with van der Waals surface area (Å²) in [6.07, 6.45) is 9.67. The lowest BCUT2D eigenvalue weighted by Gasteiger charge is -2.22. The van der Waals surface area contributed by atoms with Crippen LogP contribution < -0.4 is 0 Å². The standard InChI is InChI=1S/C19H24N4O/c24-19(7-6-17-4-1-8-20-14-17)23-11-3-10-22(12-13-23)16-18-5-2-9-21-15-18/h1-2,4-5,8-9,14-15H,3,6-7,10-13,16H2. The minimum absolute atomic E-state index is 0.252. The lowest BCUT2D eigenvalue weighted by molar-refractivity contribution is -0.131. The lowest BCUT2D eigenvalue weighted by atomic mass is 10.1. The number of pyridine rings is 2. The molecule has 0 N–H and O–H groups in total. The number of hydrogen-bond acceptors (Lipinski definition) is 4.